The van der Waals surface area contributed by atoms with Gasteiger partial charge in [-0.05, 0) is 18.2 Å². The van der Waals surface area contributed by atoms with Gasteiger partial charge in [-0.3, -0.25) is 4.79 Å². The number of rotatable bonds is 2. The van der Waals surface area contributed by atoms with Gasteiger partial charge in [0.15, 0.2) is 0 Å². The van der Waals surface area contributed by atoms with Crippen LogP contribution in [0, 0.1) is 0 Å². The molecular weight excluding hydrogens is 252 g/mol. The Balaban J connectivity index is 2.29. The summed E-state index contributed by atoms with van der Waals surface area (Å²) in [6.45, 7) is 1.49. The van der Waals surface area contributed by atoms with Gasteiger partial charge >= 0.3 is 0 Å². The van der Waals surface area contributed by atoms with Crippen molar-refractivity contribution in [3.05, 3.63) is 28.8 Å². The van der Waals surface area contributed by atoms with Crippen molar-refractivity contribution in [3.63, 3.8) is 0 Å². The summed E-state index contributed by atoms with van der Waals surface area (Å²) in [5.41, 5.74) is 0.939. The van der Waals surface area contributed by atoms with Crippen molar-refractivity contribution < 1.29 is 9.53 Å². The lowest BCUT2D eigenvalue weighted by Gasteiger charge is -2.18. The van der Waals surface area contributed by atoms with E-state index in [1.54, 1.807) is 18.1 Å². The van der Waals surface area contributed by atoms with Crippen molar-refractivity contribution in [2.24, 2.45) is 0 Å². The van der Waals surface area contributed by atoms with E-state index in [4.69, 9.17) is 16.3 Å². The maximum atomic E-state index is 11.9. The first-order valence-corrected chi connectivity index (χ1v) is 6.30. The number of hydrogen-bond donors (Lipinski definition) is 1. The Bertz CT molecular complexity index is 451. The molecule has 1 saturated heterocycles. The minimum absolute atomic E-state index is 0.0453. The van der Waals surface area contributed by atoms with Crippen LogP contribution >= 0.6 is 11.6 Å². The quantitative estimate of drug-likeness (QED) is 0.890. The van der Waals surface area contributed by atoms with Gasteiger partial charge in [0.25, 0.3) is 0 Å². The van der Waals surface area contributed by atoms with Crippen molar-refractivity contribution in [1.29, 1.82) is 0 Å². The summed E-state index contributed by atoms with van der Waals surface area (Å²) >= 11 is 6.02. The summed E-state index contributed by atoms with van der Waals surface area (Å²) in [4.78, 5) is 13.6. The number of benzene rings is 1. The van der Waals surface area contributed by atoms with Gasteiger partial charge in [-0.2, -0.15) is 0 Å². The van der Waals surface area contributed by atoms with Crippen molar-refractivity contribution in [2.45, 2.75) is 12.5 Å². The minimum Gasteiger partial charge on any atom is -0.496 e. The van der Waals surface area contributed by atoms with Gasteiger partial charge in [-0.25, -0.2) is 0 Å². The lowest BCUT2D eigenvalue weighted by molar-refractivity contribution is -0.129. The van der Waals surface area contributed by atoms with Crippen LogP contribution in [-0.4, -0.2) is 38.1 Å². The third-order valence-corrected chi connectivity index (χ3v) is 3.44. The van der Waals surface area contributed by atoms with Gasteiger partial charge in [0.2, 0.25) is 5.91 Å². The molecule has 0 spiro atoms. The molecule has 1 aliphatic heterocycles. The Morgan fingerprint density at radius 2 is 2.28 bits per heavy atom. The lowest BCUT2D eigenvalue weighted by Crippen LogP contribution is -2.27. The molecule has 0 radical (unpaired) electrons. The van der Waals surface area contributed by atoms with Gasteiger partial charge in [-0.1, -0.05) is 11.6 Å². The summed E-state index contributed by atoms with van der Waals surface area (Å²) in [6.07, 6.45) is 0.424. The summed E-state index contributed by atoms with van der Waals surface area (Å²) in [7, 11) is 3.44. The van der Waals surface area contributed by atoms with E-state index in [0.29, 0.717) is 11.4 Å². The van der Waals surface area contributed by atoms with Crippen LogP contribution in [-0.2, 0) is 4.79 Å². The number of ether oxygens (including phenoxy) is 1. The number of carbonyl (C=O) groups excluding carboxylic acids is 1. The highest BCUT2D eigenvalue weighted by Crippen LogP contribution is 2.31. The maximum absolute atomic E-state index is 11.9. The van der Waals surface area contributed by atoms with Crippen LogP contribution in [0.2, 0.25) is 5.02 Å². The Labute approximate surface area is 112 Å². The highest BCUT2D eigenvalue weighted by atomic mass is 35.5. The number of hydrogen-bond acceptors (Lipinski definition) is 3. The molecule has 1 amide bonds. The SMILES string of the molecule is COc1ccc(Cl)cc1C1CC(=O)N(C)CCN1. The molecule has 0 saturated carbocycles. The second-order valence-corrected chi connectivity index (χ2v) is 4.85. The van der Waals surface area contributed by atoms with Crippen LogP contribution in [0.3, 0.4) is 0 Å². The molecule has 1 N–H and O–H groups in total. The van der Waals surface area contributed by atoms with E-state index in [0.717, 1.165) is 24.4 Å². The zero-order valence-electron chi connectivity index (χ0n) is 10.6. The van der Waals surface area contributed by atoms with Gasteiger partial charge < -0.3 is 15.0 Å². The number of likely N-dealkylation sites (N-methyl/N-ethyl adjacent to an activating group) is 1. The number of nitrogens with one attached hydrogen (secondary N) is 1. The van der Waals surface area contributed by atoms with Gasteiger partial charge in [0.1, 0.15) is 5.75 Å². The van der Waals surface area contributed by atoms with E-state index < -0.39 is 0 Å². The molecule has 2 rings (SSSR count). The first-order chi connectivity index (χ1) is 8.61. The molecule has 1 aromatic rings. The van der Waals surface area contributed by atoms with Crippen LogP contribution in [0.25, 0.3) is 0 Å². The van der Waals surface area contributed by atoms with Gasteiger partial charge in [0.05, 0.1) is 7.11 Å². The number of halogens is 1. The fourth-order valence-corrected chi connectivity index (χ4v) is 2.31. The number of nitrogens with zero attached hydrogens (tertiary/aromatic N) is 1. The molecule has 0 aromatic heterocycles. The molecule has 4 nitrogen and oxygen atoms in total. The van der Waals surface area contributed by atoms with E-state index in [2.05, 4.69) is 5.32 Å². The summed E-state index contributed by atoms with van der Waals surface area (Å²) in [5.74, 6) is 0.890. The highest BCUT2D eigenvalue weighted by molar-refractivity contribution is 6.30. The van der Waals surface area contributed by atoms with Crippen molar-refractivity contribution in [2.75, 3.05) is 27.2 Å². The van der Waals surface area contributed by atoms with Crippen LogP contribution in [0.5, 0.6) is 5.75 Å². The number of amides is 1. The van der Waals surface area contributed by atoms with Crippen LogP contribution in [0.4, 0.5) is 0 Å². The lowest BCUT2D eigenvalue weighted by atomic mass is 10.0. The summed E-state index contributed by atoms with van der Waals surface area (Å²) in [5, 5.41) is 4.01. The van der Waals surface area contributed by atoms with E-state index in [-0.39, 0.29) is 11.9 Å². The van der Waals surface area contributed by atoms with Crippen LogP contribution < -0.4 is 10.1 Å². The Kier molecular flexibility index (Phi) is 4.09. The fourth-order valence-electron chi connectivity index (χ4n) is 2.13. The third-order valence-electron chi connectivity index (χ3n) is 3.21. The first-order valence-electron chi connectivity index (χ1n) is 5.92. The zero-order chi connectivity index (χ0) is 13.1. The van der Waals surface area contributed by atoms with E-state index in [1.807, 2.05) is 19.2 Å². The molecule has 1 fully saturated rings. The fraction of sp³-hybridized carbons (Fsp3) is 0.462. The Morgan fingerprint density at radius 3 is 3.00 bits per heavy atom. The smallest absolute Gasteiger partial charge is 0.224 e. The van der Waals surface area contributed by atoms with Gasteiger partial charge in [-0.15, -0.1) is 0 Å². The number of methoxy groups -OCH3 is 1. The standard InChI is InChI=1S/C13H17ClN2O2/c1-16-6-5-15-11(8-13(16)17)10-7-9(14)3-4-12(10)18-2/h3-4,7,11,15H,5-6,8H2,1-2H3. The molecule has 0 aliphatic carbocycles. The van der Waals surface area contributed by atoms with Crippen molar-refractivity contribution >= 4 is 17.5 Å². The molecule has 98 valence electrons. The van der Waals surface area contributed by atoms with Crippen molar-refractivity contribution in [3.8, 4) is 5.75 Å². The predicted octanol–water partition coefficient (Wildman–Crippen LogP) is 1.84. The highest BCUT2D eigenvalue weighted by Gasteiger charge is 2.24. The van der Waals surface area contributed by atoms with E-state index >= 15 is 0 Å². The largest absolute Gasteiger partial charge is 0.496 e. The molecule has 0 bridgehead atoms. The average molecular weight is 269 g/mol. The molecular formula is C13H17ClN2O2. The normalized spacial score (nSPS) is 20.7. The predicted molar refractivity (Wildman–Crippen MR) is 71.0 cm³/mol. The summed E-state index contributed by atoms with van der Waals surface area (Å²) in [6, 6.07) is 5.43. The molecule has 1 aromatic carbocycles. The topological polar surface area (TPSA) is 41.6 Å². The van der Waals surface area contributed by atoms with E-state index in [9.17, 15) is 4.79 Å². The maximum Gasteiger partial charge on any atom is 0.224 e. The third kappa shape index (κ3) is 2.76. The minimum atomic E-state index is -0.0453. The summed E-state index contributed by atoms with van der Waals surface area (Å²) < 4.78 is 5.33. The zero-order valence-corrected chi connectivity index (χ0v) is 11.3. The second kappa shape index (κ2) is 5.59. The van der Waals surface area contributed by atoms with Crippen molar-refractivity contribution in [1.82, 2.24) is 10.2 Å². The average Bonchev–Trinajstić information content (AvgIpc) is 2.52. The van der Waals surface area contributed by atoms with Gasteiger partial charge in [0, 0.05) is 43.2 Å². The first kappa shape index (κ1) is 13.2. The Morgan fingerprint density at radius 1 is 1.50 bits per heavy atom. The van der Waals surface area contributed by atoms with Crippen LogP contribution in [0.15, 0.2) is 18.2 Å². The molecule has 1 heterocycles. The second-order valence-electron chi connectivity index (χ2n) is 4.41. The number of carbonyl (C=O) groups is 1. The van der Waals surface area contributed by atoms with Crippen LogP contribution in [0.1, 0.15) is 18.0 Å². The van der Waals surface area contributed by atoms with E-state index in [1.165, 1.54) is 0 Å². The molecule has 1 aliphatic rings. The molecule has 18 heavy (non-hydrogen) atoms. The molecule has 1 unspecified atom stereocenters. The molecule has 1 atom stereocenters. The monoisotopic (exact) mass is 268 g/mol. The Hall–Kier alpha value is -1.26. The molecule has 5 heteroatoms.